The van der Waals surface area contributed by atoms with Crippen molar-refractivity contribution in [3.05, 3.63) is 167 Å². The second-order valence-electron chi connectivity index (χ2n) is 14.8. The zero-order valence-corrected chi connectivity index (χ0v) is 35.0. The molecule has 0 amide bonds. The fraction of sp³-hybridized carbons (Fsp3) is 0.0769. The van der Waals surface area contributed by atoms with Crippen molar-refractivity contribution < 1.29 is 38.1 Å². The second-order valence-corrected chi connectivity index (χ2v) is 14.8. The smallest absolute Gasteiger partial charge is 0.337 e. The van der Waals surface area contributed by atoms with Gasteiger partial charge in [-0.3, -0.25) is 4.99 Å². The second kappa shape index (κ2) is 17.0. The quantitative estimate of drug-likeness (QED) is 0.112. The standard InChI is InChI=1S/C52H38N4O8/c1-61-49(57)33-13-5-29(6-14-33)45-37-27-44(53-28-37)48(32-11-19-36(20-12-32)52(60)64-4)43-26-25-42(56-43)47(31-9-17-35(18-10-31)51(59)63-3)41-24-23-40(55-41)46(39-22-21-38(45)54-39)30-7-15-34(16-8-30)50(58)62-2/h5-28,54-55H,1-4H3. The lowest BCUT2D eigenvalue weighted by molar-refractivity contribution is 0.0592. The highest BCUT2D eigenvalue weighted by molar-refractivity contribution is 6.05. The van der Waals surface area contributed by atoms with Crippen LogP contribution in [0.5, 0.6) is 0 Å². The van der Waals surface area contributed by atoms with E-state index in [-0.39, 0.29) is 0 Å². The molecule has 9 rings (SSSR count). The summed E-state index contributed by atoms with van der Waals surface area (Å²) in [5.41, 5.74) is 13.6. The Morgan fingerprint density at radius 3 is 1.14 bits per heavy atom. The summed E-state index contributed by atoms with van der Waals surface area (Å²) >= 11 is 0. The third-order valence-electron chi connectivity index (χ3n) is 11.2. The molecule has 12 nitrogen and oxygen atoms in total. The molecule has 3 aromatic heterocycles. The third-order valence-corrected chi connectivity index (χ3v) is 11.2. The van der Waals surface area contributed by atoms with Crippen molar-refractivity contribution in [2.75, 3.05) is 28.4 Å². The lowest BCUT2D eigenvalue weighted by Gasteiger charge is -2.08. The number of benzene rings is 4. The van der Waals surface area contributed by atoms with Gasteiger partial charge in [0.15, 0.2) is 0 Å². The molecule has 0 fully saturated rings. The molecule has 0 radical (unpaired) electrons. The highest BCUT2D eigenvalue weighted by Crippen LogP contribution is 2.41. The van der Waals surface area contributed by atoms with Crippen LogP contribution in [-0.4, -0.2) is 73.5 Å². The number of esters is 4. The van der Waals surface area contributed by atoms with E-state index in [1.54, 1.807) is 54.7 Å². The molecule has 0 saturated heterocycles. The first-order valence-electron chi connectivity index (χ1n) is 20.1. The molecular formula is C52H38N4O8. The molecule has 0 spiro atoms. The predicted octanol–water partition coefficient (Wildman–Crippen LogP) is 10.7. The normalized spacial score (nSPS) is 11.6. The number of carbonyl (C=O) groups excluding carboxylic acids is 4. The number of aromatic amines is 2. The lowest BCUT2D eigenvalue weighted by Crippen LogP contribution is -2.00. The average Bonchev–Trinajstić information content (AvgIpc) is 4.20. The van der Waals surface area contributed by atoms with Gasteiger partial charge in [0.2, 0.25) is 0 Å². The van der Waals surface area contributed by atoms with Gasteiger partial charge >= 0.3 is 23.9 Å². The maximum atomic E-state index is 12.5. The fourth-order valence-electron chi connectivity index (χ4n) is 8.01. The molecule has 64 heavy (non-hydrogen) atoms. The van der Waals surface area contributed by atoms with Gasteiger partial charge in [0.25, 0.3) is 0 Å². The number of nitrogens with one attached hydrogen (secondary N) is 2. The molecule has 2 aliphatic heterocycles. The van der Waals surface area contributed by atoms with Crippen LogP contribution in [0, 0.1) is 0 Å². The highest BCUT2D eigenvalue weighted by Gasteiger charge is 2.21. The molecule has 0 atom stereocenters. The van der Waals surface area contributed by atoms with Crippen LogP contribution in [-0.2, 0) is 18.9 Å². The van der Waals surface area contributed by atoms with Gasteiger partial charge in [0, 0.05) is 56.1 Å². The highest BCUT2D eigenvalue weighted by atomic mass is 16.5. The summed E-state index contributed by atoms with van der Waals surface area (Å²) in [5.74, 6) is -1.81. The average molecular weight is 847 g/mol. The SMILES string of the molecule is COC(=O)c1ccc(-c2c3cc(c(-c4ccc(C(=O)OC)cc4)c4ccc([nH]4)c(-c4ccc(C(=O)OC)cc4)c4ccc([nH]4)c(-c4ccc(C(=O)OC)cc4)c4nc2C=C4)C=N3)cc1. The maximum Gasteiger partial charge on any atom is 0.337 e. The number of ether oxygens (including phenoxy) is 4. The number of hydrogen-bond acceptors (Lipinski definition) is 10. The van der Waals surface area contributed by atoms with E-state index in [0.717, 1.165) is 66.6 Å². The number of hydrogen-bond donors (Lipinski definition) is 2. The van der Waals surface area contributed by atoms with Crippen LogP contribution in [0.4, 0.5) is 5.69 Å². The van der Waals surface area contributed by atoms with Gasteiger partial charge in [-0.05, 0) is 113 Å². The third kappa shape index (κ3) is 7.53. The molecular weight excluding hydrogens is 809 g/mol. The van der Waals surface area contributed by atoms with Crippen molar-refractivity contribution in [3.63, 3.8) is 0 Å². The number of aliphatic imine (C=N–C) groups is 1. The summed E-state index contributed by atoms with van der Waals surface area (Å²) in [4.78, 5) is 67.6. The number of methoxy groups -OCH3 is 4. The zero-order chi connectivity index (χ0) is 44.5. The van der Waals surface area contributed by atoms with E-state index in [4.69, 9.17) is 28.9 Å². The summed E-state index contributed by atoms with van der Waals surface area (Å²) in [7, 11) is 5.38. The number of nitrogens with zero attached hydrogens (tertiary/aromatic N) is 2. The molecule has 0 unspecified atom stereocenters. The minimum absolute atomic E-state index is 0.394. The maximum absolute atomic E-state index is 12.5. The molecule has 2 aliphatic rings. The minimum Gasteiger partial charge on any atom is -0.465 e. The van der Waals surface area contributed by atoms with Crippen LogP contribution in [0.25, 0.3) is 78.7 Å². The molecule has 2 N–H and O–H groups in total. The Labute approximate surface area is 366 Å². The van der Waals surface area contributed by atoms with Crippen molar-refractivity contribution >= 4 is 70.0 Å². The van der Waals surface area contributed by atoms with Gasteiger partial charge in [0.05, 0.1) is 67.8 Å². The zero-order valence-electron chi connectivity index (χ0n) is 35.0. The van der Waals surface area contributed by atoms with Crippen molar-refractivity contribution in [2.45, 2.75) is 0 Å². The first-order chi connectivity index (χ1) is 31.2. The Kier molecular flexibility index (Phi) is 10.8. The van der Waals surface area contributed by atoms with E-state index >= 15 is 0 Å². The summed E-state index contributed by atoms with van der Waals surface area (Å²) in [6, 6.07) is 38.6. The number of H-pyrrole nitrogens is 2. The van der Waals surface area contributed by atoms with Crippen LogP contribution in [0.15, 0.2) is 132 Å². The van der Waals surface area contributed by atoms with E-state index in [1.165, 1.54) is 28.4 Å². The number of rotatable bonds is 8. The van der Waals surface area contributed by atoms with E-state index in [0.29, 0.717) is 44.9 Å². The predicted molar refractivity (Wildman–Crippen MR) is 246 cm³/mol. The Bertz CT molecular complexity index is 3090. The van der Waals surface area contributed by atoms with Gasteiger partial charge in [-0.1, -0.05) is 48.5 Å². The minimum atomic E-state index is -0.457. The summed E-state index contributed by atoms with van der Waals surface area (Å²) in [5, 5.41) is 0. The van der Waals surface area contributed by atoms with E-state index in [9.17, 15) is 19.2 Å². The van der Waals surface area contributed by atoms with Crippen molar-refractivity contribution in [2.24, 2.45) is 4.99 Å². The summed E-state index contributed by atoms with van der Waals surface area (Å²) in [6.07, 6.45) is 5.68. The van der Waals surface area contributed by atoms with Gasteiger partial charge in [-0.2, -0.15) is 0 Å². The van der Waals surface area contributed by atoms with E-state index in [2.05, 4.69) is 9.97 Å². The van der Waals surface area contributed by atoms with Gasteiger partial charge in [0.1, 0.15) is 0 Å². The largest absolute Gasteiger partial charge is 0.465 e. The van der Waals surface area contributed by atoms with Crippen LogP contribution < -0.4 is 0 Å². The monoisotopic (exact) mass is 846 g/mol. The van der Waals surface area contributed by atoms with Crippen LogP contribution >= 0.6 is 0 Å². The molecule has 5 heterocycles. The number of carbonyl (C=O) groups is 4. The first kappa shape index (κ1) is 40.7. The summed E-state index contributed by atoms with van der Waals surface area (Å²) < 4.78 is 20.0. The van der Waals surface area contributed by atoms with Gasteiger partial charge in [-0.25, -0.2) is 24.2 Å². The topological polar surface area (TPSA) is 162 Å². The molecule has 314 valence electrons. The van der Waals surface area contributed by atoms with Crippen LogP contribution in [0.2, 0.25) is 0 Å². The molecule has 8 bridgehead atoms. The Morgan fingerprint density at radius 2 is 0.734 bits per heavy atom. The van der Waals surface area contributed by atoms with E-state index < -0.39 is 23.9 Å². The number of aromatic nitrogens is 3. The molecule has 4 aromatic carbocycles. The van der Waals surface area contributed by atoms with Gasteiger partial charge in [-0.15, -0.1) is 0 Å². The molecule has 0 aliphatic carbocycles. The molecule has 12 heteroatoms. The van der Waals surface area contributed by atoms with Crippen molar-refractivity contribution in [3.8, 4) is 44.5 Å². The van der Waals surface area contributed by atoms with Crippen molar-refractivity contribution in [1.82, 2.24) is 15.0 Å². The Hall–Kier alpha value is -8.64. The number of fused-ring (bicyclic) bond motifs is 8. The first-order valence-corrected chi connectivity index (χ1v) is 20.1. The molecule has 0 saturated carbocycles. The van der Waals surface area contributed by atoms with Gasteiger partial charge < -0.3 is 28.9 Å². The van der Waals surface area contributed by atoms with Crippen LogP contribution in [0.3, 0.4) is 0 Å². The molecule has 7 aromatic rings. The van der Waals surface area contributed by atoms with Crippen LogP contribution in [0.1, 0.15) is 58.4 Å². The van der Waals surface area contributed by atoms with Crippen molar-refractivity contribution in [1.29, 1.82) is 0 Å². The Balaban J connectivity index is 1.40. The fourth-order valence-corrected chi connectivity index (χ4v) is 8.01. The van der Waals surface area contributed by atoms with E-state index in [1.807, 2.05) is 91.0 Å². The lowest BCUT2D eigenvalue weighted by atomic mass is 9.98. The Morgan fingerprint density at radius 1 is 0.406 bits per heavy atom. The summed E-state index contributed by atoms with van der Waals surface area (Å²) in [6.45, 7) is 0.